The Morgan fingerprint density at radius 3 is 2.85 bits per heavy atom. The minimum absolute atomic E-state index is 0.224. The molecule has 2 rings (SSSR count). The fourth-order valence-corrected chi connectivity index (χ4v) is 3.93. The summed E-state index contributed by atoms with van der Waals surface area (Å²) in [5.74, 6) is 1.17. The van der Waals surface area contributed by atoms with Gasteiger partial charge in [-0.3, -0.25) is 0 Å². The first-order chi connectivity index (χ1) is 9.41. The van der Waals surface area contributed by atoms with Crippen molar-refractivity contribution in [3.63, 3.8) is 0 Å². The van der Waals surface area contributed by atoms with Gasteiger partial charge in [0.2, 0.25) is 0 Å². The molecule has 1 fully saturated rings. The van der Waals surface area contributed by atoms with Gasteiger partial charge < -0.3 is 10.6 Å². The Morgan fingerprint density at radius 2 is 2.20 bits per heavy atom. The van der Waals surface area contributed by atoms with Gasteiger partial charge in [-0.25, -0.2) is 0 Å². The first-order valence-corrected chi connectivity index (χ1v) is 8.70. The first kappa shape index (κ1) is 16.0. The van der Waals surface area contributed by atoms with Crippen LogP contribution in [-0.4, -0.2) is 29.6 Å². The van der Waals surface area contributed by atoms with Crippen molar-refractivity contribution in [1.29, 1.82) is 0 Å². The topological polar surface area (TPSA) is 29.3 Å². The molecule has 1 aliphatic rings. The summed E-state index contributed by atoms with van der Waals surface area (Å²) in [6.07, 6.45) is 1.93. The van der Waals surface area contributed by atoms with E-state index in [1.807, 2.05) is 17.8 Å². The minimum atomic E-state index is 0.224. The van der Waals surface area contributed by atoms with E-state index < -0.39 is 0 Å². The second-order valence-electron chi connectivity index (χ2n) is 6.18. The third-order valence-corrected chi connectivity index (χ3v) is 5.35. The van der Waals surface area contributed by atoms with Crippen LogP contribution < -0.4 is 10.6 Å². The maximum atomic E-state index is 6.21. The summed E-state index contributed by atoms with van der Waals surface area (Å²) >= 11 is 8.26. The molecular weight excluding hydrogens is 288 g/mol. The quantitative estimate of drug-likeness (QED) is 0.912. The highest BCUT2D eigenvalue weighted by atomic mass is 35.5. The first-order valence-electron chi connectivity index (χ1n) is 7.34. The second kappa shape index (κ2) is 6.59. The Hall–Kier alpha value is -0.380. The number of nitrogens with zero attached hydrogens (tertiary/aromatic N) is 1. The molecule has 1 saturated heterocycles. The Morgan fingerprint density at radius 1 is 1.45 bits per heavy atom. The van der Waals surface area contributed by atoms with Gasteiger partial charge in [0.25, 0.3) is 0 Å². The van der Waals surface area contributed by atoms with Crippen LogP contribution in [0.4, 0.5) is 5.69 Å². The Balaban J connectivity index is 2.26. The molecule has 2 nitrogen and oxygen atoms in total. The van der Waals surface area contributed by atoms with E-state index in [0.29, 0.717) is 4.75 Å². The standard InChI is InChI=1S/C16H25ClN2S/c1-4-14(18)9-12-5-6-13(17)10-15(12)19-7-8-20-16(2,3)11-19/h5-6,10,14H,4,7-9,11,18H2,1-3H3. The molecule has 0 saturated carbocycles. The zero-order valence-electron chi connectivity index (χ0n) is 12.7. The third kappa shape index (κ3) is 4.06. The van der Waals surface area contributed by atoms with Crippen LogP contribution in [0.15, 0.2) is 18.2 Å². The van der Waals surface area contributed by atoms with Gasteiger partial charge in [-0.2, -0.15) is 11.8 Å². The van der Waals surface area contributed by atoms with Gasteiger partial charge >= 0.3 is 0 Å². The SMILES string of the molecule is CCC(N)Cc1ccc(Cl)cc1N1CCSC(C)(C)C1. The monoisotopic (exact) mass is 312 g/mol. The van der Waals surface area contributed by atoms with Crippen molar-refractivity contribution in [2.45, 2.75) is 44.4 Å². The van der Waals surface area contributed by atoms with E-state index in [9.17, 15) is 0 Å². The van der Waals surface area contributed by atoms with Crippen LogP contribution in [0.3, 0.4) is 0 Å². The van der Waals surface area contributed by atoms with Crippen LogP contribution in [0.1, 0.15) is 32.8 Å². The van der Waals surface area contributed by atoms with Crippen molar-refractivity contribution in [2.75, 3.05) is 23.7 Å². The van der Waals surface area contributed by atoms with E-state index in [1.165, 1.54) is 17.0 Å². The molecule has 1 unspecified atom stereocenters. The molecule has 0 spiro atoms. The largest absolute Gasteiger partial charge is 0.369 e. The van der Waals surface area contributed by atoms with Crippen molar-refractivity contribution in [1.82, 2.24) is 0 Å². The summed E-state index contributed by atoms with van der Waals surface area (Å²) < 4.78 is 0.296. The van der Waals surface area contributed by atoms with Crippen molar-refractivity contribution in [2.24, 2.45) is 5.73 Å². The molecular formula is C16H25ClN2S. The van der Waals surface area contributed by atoms with E-state index in [-0.39, 0.29) is 6.04 Å². The predicted octanol–water partition coefficient (Wildman–Crippen LogP) is 3.95. The zero-order valence-corrected chi connectivity index (χ0v) is 14.2. The van der Waals surface area contributed by atoms with Crippen LogP contribution in [-0.2, 0) is 6.42 Å². The van der Waals surface area contributed by atoms with Gasteiger partial charge in [0.1, 0.15) is 0 Å². The maximum absolute atomic E-state index is 6.21. The molecule has 0 bridgehead atoms. The highest BCUT2D eigenvalue weighted by Gasteiger charge is 2.28. The van der Waals surface area contributed by atoms with Crippen molar-refractivity contribution in [3.8, 4) is 0 Å². The second-order valence-corrected chi connectivity index (χ2v) is 8.41. The summed E-state index contributed by atoms with van der Waals surface area (Å²) in [6, 6.07) is 6.45. The number of nitrogens with two attached hydrogens (primary N) is 1. The predicted molar refractivity (Wildman–Crippen MR) is 92.2 cm³/mol. The molecule has 1 atom stereocenters. The Labute approximate surface area is 132 Å². The fraction of sp³-hybridized carbons (Fsp3) is 0.625. The van der Waals surface area contributed by atoms with Crippen LogP contribution >= 0.6 is 23.4 Å². The molecule has 20 heavy (non-hydrogen) atoms. The zero-order chi connectivity index (χ0) is 14.8. The van der Waals surface area contributed by atoms with Crippen LogP contribution in [0.25, 0.3) is 0 Å². The molecule has 4 heteroatoms. The Kier molecular flexibility index (Phi) is 5.27. The number of hydrogen-bond acceptors (Lipinski definition) is 3. The lowest BCUT2D eigenvalue weighted by atomic mass is 10.0. The molecule has 2 N–H and O–H groups in total. The minimum Gasteiger partial charge on any atom is -0.369 e. The normalized spacial score (nSPS) is 19.9. The average molecular weight is 313 g/mol. The van der Waals surface area contributed by atoms with E-state index in [1.54, 1.807) is 0 Å². The van der Waals surface area contributed by atoms with Gasteiger partial charge in [0, 0.05) is 40.3 Å². The van der Waals surface area contributed by atoms with Crippen molar-refractivity contribution >= 4 is 29.1 Å². The van der Waals surface area contributed by atoms with Gasteiger partial charge in [-0.15, -0.1) is 0 Å². The van der Waals surface area contributed by atoms with Crippen LogP contribution in [0.2, 0.25) is 5.02 Å². The van der Waals surface area contributed by atoms with Gasteiger partial charge in [0.05, 0.1) is 0 Å². The molecule has 0 aliphatic carbocycles. The summed E-state index contributed by atoms with van der Waals surface area (Å²) in [5, 5.41) is 0.810. The van der Waals surface area contributed by atoms with E-state index in [4.69, 9.17) is 17.3 Å². The average Bonchev–Trinajstić information content (AvgIpc) is 2.39. The molecule has 112 valence electrons. The Bertz CT molecular complexity index is 462. The highest BCUT2D eigenvalue weighted by molar-refractivity contribution is 8.00. The number of benzene rings is 1. The summed E-state index contributed by atoms with van der Waals surface area (Å²) in [6.45, 7) is 8.91. The van der Waals surface area contributed by atoms with Gasteiger partial charge in [-0.05, 0) is 44.4 Å². The van der Waals surface area contributed by atoms with Crippen LogP contribution in [0.5, 0.6) is 0 Å². The molecule has 1 aliphatic heterocycles. The molecule has 1 aromatic carbocycles. The summed E-state index contributed by atoms with van der Waals surface area (Å²) in [4.78, 5) is 2.47. The number of hydrogen-bond donors (Lipinski definition) is 1. The fourth-order valence-electron chi connectivity index (χ4n) is 2.65. The van der Waals surface area contributed by atoms with Crippen LogP contribution in [0, 0.1) is 0 Å². The number of rotatable bonds is 4. The van der Waals surface area contributed by atoms with Gasteiger partial charge in [-0.1, -0.05) is 24.6 Å². The lowest BCUT2D eigenvalue weighted by Crippen LogP contribution is -2.43. The molecule has 0 amide bonds. The lowest BCUT2D eigenvalue weighted by Gasteiger charge is -2.40. The maximum Gasteiger partial charge on any atom is 0.0426 e. The lowest BCUT2D eigenvalue weighted by molar-refractivity contribution is 0.629. The van der Waals surface area contributed by atoms with Crippen molar-refractivity contribution < 1.29 is 0 Å². The molecule has 0 aromatic heterocycles. The van der Waals surface area contributed by atoms with E-state index >= 15 is 0 Å². The summed E-state index contributed by atoms with van der Waals surface area (Å²) in [7, 11) is 0. The summed E-state index contributed by atoms with van der Waals surface area (Å²) in [5.41, 5.74) is 8.74. The van der Waals surface area contributed by atoms with E-state index in [0.717, 1.165) is 31.0 Å². The van der Waals surface area contributed by atoms with Crippen molar-refractivity contribution in [3.05, 3.63) is 28.8 Å². The highest BCUT2D eigenvalue weighted by Crippen LogP contribution is 2.35. The van der Waals surface area contributed by atoms with E-state index in [2.05, 4.69) is 37.8 Å². The van der Waals surface area contributed by atoms with Gasteiger partial charge in [0.15, 0.2) is 0 Å². The smallest absolute Gasteiger partial charge is 0.0426 e. The third-order valence-electron chi connectivity index (χ3n) is 3.82. The molecule has 1 aromatic rings. The molecule has 1 heterocycles. The molecule has 0 radical (unpaired) electrons. The number of anilines is 1. The number of halogens is 1. The number of thioether (sulfide) groups is 1.